The summed E-state index contributed by atoms with van der Waals surface area (Å²) < 4.78 is 11.8. The van der Waals surface area contributed by atoms with Crippen LogP contribution in [-0.4, -0.2) is 62.2 Å². The monoisotopic (exact) mass is 409 g/mol. The molecule has 2 aromatic carbocycles. The fraction of sp³-hybridized carbons (Fsp3) is 0.318. The summed E-state index contributed by atoms with van der Waals surface area (Å²) in [6.45, 7) is 4.75. The van der Waals surface area contributed by atoms with Crippen LogP contribution >= 0.6 is 0 Å². The number of morpholine rings is 1. The van der Waals surface area contributed by atoms with Crippen molar-refractivity contribution in [3.05, 3.63) is 64.6 Å². The van der Waals surface area contributed by atoms with E-state index in [9.17, 15) is 9.59 Å². The van der Waals surface area contributed by atoms with Gasteiger partial charge in [0, 0.05) is 5.39 Å². The number of ether oxygens (including phenoxy) is 2. The molecule has 30 heavy (non-hydrogen) atoms. The summed E-state index contributed by atoms with van der Waals surface area (Å²) in [4.78, 5) is 27.4. The van der Waals surface area contributed by atoms with Crippen LogP contribution in [0.5, 0.6) is 5.75 Å². The highest BCUT2D eigenvalue weighted by atomic mass is 16.5. The summed E-state index contributed by atoms with van der Waals surface area (Å²) in [5.74, 6) is 0.386. The number of carbonyl (C=O) groups is 1. The molecule has 0 spiro atoms. The van der Waals surface area contributed by atoms with Gasteiger partial charge < -0.3 is 19.7 Å². The minimum absolute atomic E-state index is 0.234. The van der Waals surface area contributed by atoms with E-state index in [-0.39, 0.29) is 17.2 Å². The van der Waals surface area contributed by atoms with Crippen LogP contribution in [0.15, 0.2) is 53.3 Å². The van der Waals surface area contributed by atoms with Crippen molar-refractivity contribution in [3.8, 4) is 11.4 Å². The van der Waals surface area contributed by atoms with E-state index in [2.05, 4.69) is 10.4 Å². The molecule has 0 saturated carbocycles. The van der Waals surface area contributed by atoms with Crippen molar-refractivity contribution in [2.75, 3.05) is 46.5 Å². The Kier molecular flexibility index (Phi) is 6.06. The second-order valence-corrected chi connectivity index (χ2v) is 7.18. The lowest BCUT2D eigenvalue weighted by Gasteiger charge is -2.23. The third-order valence-electron chi connectivity index (χ3n) is 5.30. The van der Waals surface area contributed by atoms with E-state index in [0.29, 0.717) is 28.8 Å². The Balaban J connectivity index is 1.63. The van der Waals surface area contributed by atoms with Gasteiger partial charge in [0.1, 0.15) is 18.8 Å². The van der Waals surface area contributed by atoms with Crippen LogP contribution in [-0.2, 0) is 4.74 Å². The molecule has 1 amide bonds. The number of benzene rings is 2. The molecule has 1 fully saturated rings. The van der Waals surface area contributed by atoms with Crippen LogP contribution in [0.25, 0.3) is 16.5 Å². The Hall–Kier alpha value is -3.23. The number of hydrogen-bond donors (Lipinski definition) is 2. The van der Waals surface area contributed by atoms with Gasteiger partial charge in [-0.25, -0.2) is 0 Å². The van der Waals surface area contributed by atoms with Gasteiger partial charge >= 0.3 is 0 Å². The first-order valence-corrected chi connectivity index (χ1v) is 10.0. The van der Waals surface area contributed by atoms with Gasteiger partial charge in [0.15, 0.2) is 5.69 Å². The minimum atomic E-state index is -0.291. The lowest BCUT2D eigenvalue weighted by molar-refractivity contribution is -0.906. The van der Waals surface area contributed by atoms with Crippen molar-refractivity contribution < 1.29 is 19.2 Å². The number of methoxy groups -OCH3 is 1. The SMILES string of the molecule is COc1ccc(-n2nc(C(=O)NCC[NH+]3CCOCC3)c3ccccc3c2=O)cc1. The molecule has 0 bridgehead atoms. The average molecular weight is 409 g/mol. The summed E-state index contributed by atoms with van der Waals surface area (Å²) >= 11 is 0. The van der Waals surface area contributed by atoms with Crippen molar-refractivity contribution in [2.24, 2.45) is 0 Å². The van der Waals surface area contributed by atoms with Crippen LogP contribution in [0.3, 0.4) is 0 Å². The summed E-state index contributed by atoms with van der Waals surface area (Å²) in [5.41, 5.74) is 0.529. The molecule has 1 aromatic heterocycles. The Morgan fingerprint density at radius 1 is 1.13 bits per heavy atom. The van der Waals surface area contributed by atoms with Gasteiger partial charge in [-0.1, -0.05) is 18.2 Å². The lowest BCUT2D eigenvalue weighted by atomic mass is 10.1. The van der Waals surface area contributed by atoms with Crippen molar-refractivity contribution >= 4 is 16.7 Å². The molecule has 0 aliphatic carbocycles. The third kappa shape index (κ3) is 4.19. The number of carbonyl (C=O) groups excluding carboxylic acids is 1. The topological polar surface area (TPSA) is 86.9 Å². The zero-order valence-corrected chi connectivity index (χ0v) is 16.9. The number of nitrogens with zero attached hydrogens (tertiary/aromatic N) is 2. The predicted octanol–water partition coefficient (Wildman–Crippen LogP) is 0.0392. The molecule has 0 unspecified atom stereocenters. The molecular formula is C22H25N4O4+. The molecule has 1 aliphatic heterocycles. The summed E-state index contributed by atoms with van der Waals surface area (Å²) in [7, 11) is 1.58. The Morgan fingerprint density at radius 3 is 2.53 bits per heavy atom. The van der Waals surface area contributed by atoms with E-state index in [4.69, 9.17) is 9.47 Å². The van der Waals surface area contributed by atoms with Gasteiger partial charge in [-0.05, 0) is 30.3 Å². The summed E-state index contributed by atoms with van der Waals surface area (Å²) in [6, 6.07) is 14.0. The van der Waals surface area contributed by atoms with Gasteiger partial charge in [0.25, 0.3) is 11.5 Å². The van der Waals surface area contributed by atoms with Gasteiger partial charge in [-0.15, -0.1) is 0 Å². The number of nitrogens with one attached hydrogen (secondary N) is 2. The van der Waals surface area contributed by atoms with Gasteiger partial charge in [0.2, 0.25) is 0 Å². The maximum atomic E-state index is 13.0. The molecule has 2 heterocycles. The molecule has 3 aromatic rings. The fourth-order valence-corrected chi connectivity index (χ4v) is 3.60. The van der Waals surface area contributed by atoms with Gasteiger partial charge in [-0.3, -0.25) is 9.59 Å². The van der Waals surface area contributed by atoms with Crippen molar-refractivity contribution in [1.82, 2.24) is 15.1 Å². The Labute approximate surface area is 174 Å². The zero-order valence-electron chi connectivity index (χ0n) is 16.9. The van der Waals surface area contributed by atoms with E-state index in [1.165, 1.54) is 9.58 Å². The highest BCUT2D eigenvalue weighted by Gasteiger charge is 2.19. The van der Waals surface area contributed by atoms with E-state index >= 15 is 0 Å². The molecule has 1 saturated heterocycles. The maximum absolute atomic E-state index is 13.0. The number of quaternary nitrogens is 1. The maximum Gasteiger partial charge on any atom is 0.279 e. The standard InChI is InChI=1S/C22H24N4O4/c1-29-17-8-6-16(7-9-17)26-22(28)19-5-3-2-4-18(19)20(24-26)21(27)23-10-11-25-12-14-30-15-13-25/h2-9H,10-15H2,1H3,(H,23,27)/p+1. The van der Waals surface area contributed by atoms with Crippen LogP contribution in [0.1, 0.15) is 10.5 Å². The number of fused-ring (bicyclic) bond motifs is 1. The molecule has 0 atom stereocenters. The molecule has 0 radical (unpaired) electrons. The van der Waals surface area contributed by atoms with Crippen LogP contribution < -0.4 is 20.5 Å². The number of rotatable bonds is 6. The van der Waals surface area contributed by atoms with E-state index in [0.717, 1.165) is 32.8 Å². The summed E-state index contributed by atoms with van der Waals surface area (Å²) in [6.07, 6.45) is 0. The van der Waals surface area contributed by atoms with E-state index in [1.807, 2.05) is 0 Å². The van der Waals surface area contributed by atoms with Crippen molar-refractivity contribution in [2.45, 2.75) is 0 Å². The van der Waals surface area contributed by atoms with Crippen LogP contribution in [0.2, 0.25) is 0 Å². The quantitative estimate of drug-likeness (QED) is 0.600. The largest absolute Gasteiger partial charge is 0.497 e. The zero-order chi connectivity index (χ0) is 20.9. The normalized spacial score (nSPS) is 14.6. The predicted molar refractivity (Wildman–Crippen MR) is 113 cm³/mol. The average Bonchev–Trinajstić information content (AvgIpc) is 2.80. The van der Waals surface area contributed by atoms with Gasteiger partial charge in [0.05, 0.1) is 44.5 Å². The van der Waals surface area contributed by atoms with Gasteiger partial charge in [-0.2, -0.15) is 9.78 Å². The van der Waals surface area contributed by atoms with Crippen LogP contribution in [0, 0.1) is 0 Å². The number of aromatic nitrogens is 2. The highest BCUT2D eigenvalue weighted by Crippen LogP contribution is 2.17. The molecule has 156 valence electrons. The second kappa shape index (κ2) is 9.06. The minimum Gasteiger partial charge on any atom is -0.497 e. The molecule has 8 nitrogen and oxygen atoms in total. The Morgan fingerprint density at radius 2 is 1.83 bits per heavy atom. The smallest absolute Gasteiger partial charge is 0.279 e. The highest BCUT2D eigenvalue weighted by molar-refractivity contribution is 6.04. The molecule has 8 heteroatoms. The second-order valence-electron chi connectivity index (χ2n) is 7.18. The number of hydrogen-bond acceptors (Lipinski definition) is 5. The molecule has 2 N–H and O–H groups in total. The fourth-order valence-electron chi connectivity index (χ4n) is 3.60. The van der Waals surface area contributed by atoms with E-state index < -0.39 is 0 Å². The first-order chi connectivity index (χ1) is 14.7. The first kappa shape index (κ1) is 20.1. The Bertz CT molecular complexity index is 1090. The van der Waals surface area contributed by atoms with Crippen LogP contribution in [0.4, 0.5) is 0 Å². The van der Waals surface area contributed by atoms with Crippen molar-refractivity contribution in [3.63, 3.8) is 0 Å². The molecule has 4 rings (SSSR count). The molecule has 1 aliphatic rings. The third-order valence-corrected chi connectivity index (χ3v) is 5.30. The number of amides is 1. The first-order valence-electron chi connectivity index (χ1n) is 10.0. The summed E-state index contributed by atoms with van der Waals surface area (Å²) in [5, 5.41) is 8.37. The van der Waals surface area contributed by atoms with Crippen molar-refractivity contribution in [1.29, 1.82) is 0 Å². The molecular weight excluding hydrogens is 384 g/mol. The van der Waals surface area contributed by atoms with E-state index in [1.54, 1.807) is 55.6 Å². The lowest BCUT2D eigenvalue weighted by Crippen LogP contribution is -3.14.